The zero-order chi connectivity index (χ0) is 14.6. The number of carbonyl (C=O) groups excluding carboxylic acids is 1. The minimum absolute atomic E-state index is 0.0193. The van der Waals surface area contributed by atoms with Gasteiger partial charge in [0.1, 0.15) is 6.04 Å². The second-order valence-corrected chi connectivity index (χ2v) is 5.67. The molecule has 1 saturated heterocycles. The fourth-order valence-electron chi connectivity index (χ4n) is 2.76. The zero-order valence-electron chi connectivity index (χ0n) is 12.4. The maximum absolute atomic E-state index is 12.6. The molecule has 0 aromatic carbocycles. The smallest absolute Gasteiger partial charge is 0.326 e. The van der Waals surface area contributed by atoms with Gasteiger partial charge in [0.25, 0.3) is 0 Å². The Morgan fingerprint density at radius 2 is 2.05 bits per heavy atom. The summed E-state index contributed by atoms with van der Waals surface area (Å²) in [7, 11) is 0. The van der Waals surface area contributed by atoms with E-state index < -0.39 is 12.0 Å². The van der Waals surface area contributed by atoms with E-state index in [2.05, 4.69) is 0 Å². The number of urea groups is 1. The number of carbonyl (C=O) groups is 2. The van der Waals surface area contributed by atoms with E-state index in [0.717, 1.165) is 19.3 Å². The van der Waals surface area contributed by atoms with Crippen molar-refractivity contribution < 1.29 is 14.7 Å². The first-order valence-corrected chi connectivity index (χ1v) is 7.20. The van der Waals surface area contributed by atoms with Crippen LogP contribution < -0.4 is 0 Å². The van der Waals surface area contributed by atoms with Gasteiger partial charge in [0, 0.05) is 19.1 Å². The average Bonchev–Trinajstić information content (AvgIpc) is 2.33. The number of rotatable bonds is 4. The number of piperidine rings is 1. The molecule has 0 spiro atoms. The molecule has 0 aromatic heterocycles. The normalized spacial score (nSPS) is 23.5. The number of nitrogens with zero attached hydrogens (tertiary/aromatic N) is 2. The van der Waals surface area contributed by atoms with E-state index >= 15 is 0 Å². The Labute approximate surface area is 115 Å². The quantitative estimate of drug-likeness (QED) is 0.853. The Morgan fingerprint density at radius 3 is 2.53 bits per heavy atom. The first-order valence-electron chi connectivity index (χ1n) is 7.20. The second-order valence-electron chi connectivity index (χ2n) is 5.67. The maximum Gasteiger partial charge on any atom is 0.326 e. The number of carboxylic acid groups (broad SMARTS) is 1. The molecule has 1 heterocycles. The Bertz CT molecular complexity index is 331. The lowest BCUT2D eigenvalue weighted by atomic mass is 9.91. The SMILES string of the molecule is CCCN(C(=O)N1CCCC(C)C1C(=O)O)C(C)C. The summed E-state index contributed by atoms with van der Waals surface area (Å²) in [5, 5.41) is 9.37. The molecule has 5 heteroatoms. The van der Waals surface area contributed by atoms with Gasteiger partial charge in [0.15, 0.2) is 0 Å². The summed E-state index contributed by atoms with van der Waals surface area (Å²) in [6.45, 7) is 9.10. The van der Waals surface area contributed by atoms with E-state index in [0.29, 0.717) is 13.1 Å². The fourth-order valence-corrected chi connectivity index (χ4v) is 2.76. The van der Waals surface area contributed by atoms with Crippen molar-refractivity contribution >= 4 is 12.0 Å². The van der Waals surface area contributed by atoms with E-state index in [-0.39, 0.29) is 18.0 Å². The molecule has 0 aromatic rings. The standard InChI is InChI=1S/C14H26N2O3/c1-5-8-15(10(2)3)14(19)16-9-6-7-11(4)12(16)13(17)18/h10-12H,5-9H2,1-4H3,(H,17,18). The van der Waals surface area contributed by atoms with E-state index in [4.69, 9.17) is 0 Å². The monoisotopic (exact) mass is 270 g/mol. The highest BCUT2D eigenvalue weighted by atomic mass is 16.4. The van der Waals surface area contributed by atoms with Crippen LogP contribution in [-0.2, 0) is 4.79 Å². The van der Waals surface area contributed by atoms with Gasteiger partial charge < -0.3 is 14.9 Å². The van der Waals surface area contributed by atoms with Gasteiger partial charge >= 0.3 is 12.0 Å². The van der Waals surface area contributed by atoms with Crippen LogP contribution in [0.5, 0.6) is 0 Å². The number of likely N-dealkylation sites (tertiary alicyclic amines) is 1. The summed E-state index contributed by atoms with van der Waals surface area (Å²) in [5.41, 5.74) is 0. The van der Waals surface area contributed by atoms with Gasteiger partial charge in [-0.1, -0.05) is 13.8 Å². The average molecular weight is 270 g/mol. The van der Waals surface area contributed by atoms with Crippen LogP contribution in [0, 0.1) is 5.92 Å². The van der Waals surface area contributed by atoms with E-state index in [1.54, 1.807) is 9.80 Å². The molecule has 1 aliphatic heterocycles. The number of aliphatic carboxylic acids is 1. The molecular weight excluding hydrogens is 244 g/mol. The van der Waals surface area contributed by atoms with Gasteiger partial charge in [-0.15, -0.1) is 0 Å². The van der Waals surface area contributed by atoms with Gasteiger partial charge in [0.05, 0.1) is 0 Å². The van der Waals surface area contributed by atoms with Crippen LogP contribution in [0.1, 0.15) is 47.0 Å². The van der Waals surface area contributed by atoms with Crippen molar-refractivity contribution in [1.29, 1.82) is 0 Å². The predicted molar refractivity (Wildman–Crippen MR) is 74.1 cm³/mol. The first-order chi connectivity index (χ1) is 8.90. The maximum atomic E-state index is 12.6. The fraction of sp³-hybridized carbons (Fsp3) is 0.857. The number of amides is 2. The highest BCUT2D eigenvalue weighted by Crippen LogP contribution is 2.25. The van der Waals surface area contributed by atoms with Crippen LogP contribution in [0.2, 0.25) is 0 Å². The topological polar surface area (TPSA) is 60.9 Å². The summed E-state index contributed by atoms with van der Waals surface area (Å²) in [6, 6.07) is -0.714. The van der Waals surface area contributed by atoms with E-state index in [1.807, 2.05) is 27.7 Å². The molecule has 0 bridgehead atoms. The van der Waals surface area contributed by atoms with Gasteiger partial charge in [-0.25, -0.2) is 9.59 Å². The number of hydrogen-bond donors (Lipinski definition) is 1. The molecule has 1 aliphatic rings. The molecule has 1 fully saturated rings. The third-order valence-electron chi connectivity index (χ3n) is 3.77. The van der Waals surface area contributed by atoms with Crippen LogP contribution >= 0.6 is 0 Å². The van der Waals surface area contributed by atoms with Crippen molar-refractivity contribution in [3.63, 3.8) is 0 Å². The number of carboxylic acids is 1. The molecular formula is C14H26N2O3. The molecule has 19 heavy (non-hydrogen) atoms. The molecule has 2 unspecified atom stereocenters. The van der Waals surface area contributed by atoms with Crippen molar-refractivity contribution in [2.45, 2.75) is 59.0 Å². The summed E-state index contributed by atoms with van der Waals surface area (Å²) in [4.78, 5) is 27.3. The van der Waals surface area contributed by atoms with Gasteiger partial charge in [-0.3, -0.25) is 0 Å². The highest BCUT2D eigenvalue weighted by molar-refractivity contribution is 5.83. The molecule has 2 atom stereocenters. The third-order valence-corrected chi connectivity index (χ3v) is 3.77. The molecule has 1 rings (SSSR count). The summed E-state index contributed by atoms with van der Waals surface area (Å²) in [6.07, 6.45) is 2.63. The summed E-state index contributed by atoms with van der Waals surface area (Å²) in [5.74, 6) is -0.869. The van der Waals surface area contributed by atoms with Gasteiger partial charge in [-0.05, 0) is 39.0 Å². The molecule has 5 nitrogen and oxygen atoms in total. The summed E-state index contributed by atoms with van der Waals surface area (Å²) < 4.78 is 0. The molecule has 1 N–H and O–H groups in total. The zero-order valence-corrected chi connectivity index (χ0v) is 12.4. The molecule has 2 amide bonds. The molecule has 0 saturated carbocycles. The van der Waals surface area contributed by atoms with Crippen LogP contribution in [-0.4, -0.2) is 52.1 Å². The largest absolute Gasteiger partial charge is 0.480 e. The van der Waals surface area contributed by atoms with Crippen molar-refractivity contribution in [3.05, 3.63) is 0 Å². The van der Waals surface area contributed by atoms with Gasteiger partial charge in [0.2, 0.25) is 0 Å². The Kier molecular flexibility index (Phi) is 5.63. The lowest BCUT2D eigenvalue weighted by molar-refractivity contribution is -0.145. The number of hydrogen-bond acceptors (Lipinski definition) is 2. The lowest BCUT2D eigenvalue weighted by Crippen LogP contribution is -2.57. The van der Waals surface area contributed by atoms with Crippen LogP contribution in [0.25, 0.3) is 0 Å². The third kappa shape index (κ3) is 3.61. The molecule has 0 aliphatic carbocycles. The highest BCUT2D eigenvalue weighted by Gasteiger charge is 2.38. The minimum atomic E-state index is -0.888. The van der Waals surface area contributed by atoms with Crippen molar-refractivity contribution in [2.24, 2.45) is 5.92 Å². The second kappa shape index (κ2) is 6.78. The Balaban J connectivity index is 2.90. The Hall–Kier alpha value is -1.26. The summed E-state index contributed by atoms with van der Waals surface area (Å²) >= 11 is 0. The van der Waals surface area contributed by atoms with E-state index in [1.165, 1.54) is 0 Å². The lowest BCUT2D eigenvalue weighted by Gasteiger charge is -2.41. The van der Waals surface area contributed by atoms with Crippen LogP contribution in [0.4, 0.5) is 4.79 Å². The van der Waals surface area contributed by atoms with E-state index in [9.17, 15) is 14.7 Å². The van der Waals surface area contributed by atoms with Crippen molar-refractivity contribution in [2.75, 3.05) is 13.1 Å². The van der Waals surface area contributed by atoms with Gasteiger partial charge in [-0.2, -0.15) is 0 Å². The molecule has 110 valence electrons. The van der Waals surface area contributed by atoms with Crippen molar-refractivity contribution in [1.82, 2.24) is 9.80 Å². The van der Waals surface area contributed by atoms with Crippen LogP contribution in [0.3, 0.4) is 0 Å². The Morgan fingerprint density at radius 1 is 1.42 bits per heavy atom. The van der Waals surface area contributed by atoms with Crippen molar-refractivity contribution in [3.8, 4) is 0 Å². The minimum Gasteiger partial charge on any atom is -0.480 e. The first kappa shape index (κ1) is 15.8. The van der Waals surface area contributed by atoms with Crippen LogP contribution in [0.15, 0.2) is 0 Å². The predicted octanol–water partition coefficient (Wildman–Crippen LogP) is 2.41. The molecule has 0 radical (unpaired) electrons.